The van der Waals surface area contributed by atoms with Crippen molar-refractivity contribution in [2.45, 2.75) is 33.3 Å². The zero-order valence-electron chi connectivity index (χ0n) is 11.7. The predicted molar refractivity (Wildman–Crippen MR) is 72.9 cm³/mol. The van der Waals surface area contributed by atoms with Crippen LogP contribution in [0.1, 0.15) is 24.7 Å². The first kappa shape index (κ1) is 14.0. The van der Waals surface area contributed by atoms with Gasteiger partial charge < -0.3 is 10.4 Å². The molecule has 2 atom stereocenters. The van der Waals surface area contributed by atoms with Crippen molar-refractivity contribution in [1.29, 1.82) is 0 Å². The molecule has 0 aromatic carbocycles. The number of carbonyl (C=O) groups excluding carboxylic acids is 1. The third-order valence-corrected chi connectivity index (χ3v) is 3.76. The average Bonchev–Trinajstić information content (AvgIpc) is 2.66. The topological polar surface area (TPSA) is 81.2 Å². The summed E-state index contributed by atoms with van der Waals surface area (Å²) in [5.41, 5.74) is 2.41. The Morgan fingerprint density at radius 3 is 2.89 bits per heavy atom. The van der Waals surface area contributed by atoms with Gasteiger partial charge in [0.15, 0.2) is 0 Å². The zero-order chi connectivity index (χ0) is 14.0. The number of likely N-dealkylation sites (tertiary alicyclic amines) is 1. The van der Waals surface area contributed by atoms with E-state index >= 15 is 0 Å². The van der Waals surface area contributed by atoms with E-state index in [1.807, 2.05) is 25.7 Å². The molecule has 6 nitrogen and oxygen atoms in total. The van der Waals surface area contributed by atoms with Crippen molar-refractivity contribution < 1.29 is 9.90 Å². The van der Waals surface area contributed by atoms with E-state index in [1.54, 1.807) is 0 Å². The minimum Gasteiger partial charge on any atom is -0.392 e. The van der Waals surface area contributed by atoms with Crippen LogP contribution in [0.3, 0.4) is 0 Å². The Kier molecular flexibility index (Phi) is 4.21. The molecule has 1 amide bonds. The minimum absolute atomic E-state index is 0.0608. The number of rotatable bonds is 3. The van der Waals surface area contributed by atoms with Crippen molar-refractivity contribution in [3.63, 3.8) is 0 Å². The first-order valence-electron chi connectivity index (χ1n) is 6.69. The zero-order valence-corrected chi connectivity index (χ0v) is 11.7. The summed E-state index contributed by atoms with van der Waals surface area (Å²) in [6, 6.07) is 0. The molecule has 1 aliphatic rings. The van der Waals surface area contributed by atoms with Gasteiger partial charge in [-0.3, -0.25) is 14.8 Å². The van der Waals surface area contributed by atoms with E-state index in [-0.39, 0.29) is 12.0 Å². The summed E-state index contributed by atoms with van der Waals surface area (Å²) in [6.07, 6.45) is 0.594. The van der Waals surface area contributed by atoms with Gasteiger partial charge in [-0.15, -0.1) is 0 Å². The van der Waals surface area contributed by atoms with Gasteiger partial charge in [0.25, 0.3) is 0 Å². The molecule has 1 aliphatic heterocycles. The highest BCUT2D eigenvalue weighted by molar-refractivity contribution is 5.93. The van der Waals surface area contributed by atoms with Gasteiger partial charge >= 0.3 is 0 Å². The fraction of sp³-hybridized carbons (Fsp3) is 0.692. The van der Waals surface area contributed by atoms with Crippen molar-refractivity contribution in [2.24, 2.45) is 5.92 Å². The number of hydrogen-bond acceptors (Lipinski definition) is 4. The Bertz CT molecular complexity index is 438. The second kappa shape index (κ2) is 5.71. The van der Waals surface area contributed by atoms with Crippen LogP contribution in [-0.4, -0.2) is 51.8 Å². The number of hydrogen-bond donors (Lipinski definition) is 3. The molecule has 6 heteroatoms. The van der Waals surface area contributed by atoms with Crippen molar-refractivity contribution in [2.75, 3.05) is 25.0 Å². The molecular weight excluding hydrogens is 244 g/mol. The van der Waals surface area contributed by atoms with Crippen LogP contribution in [0, 0.1) is 19.8 Å². The standard InChI is InChI=1S/C13H22N4O2/c1-8-4-5-17(6-11(8)18)7-12(19)14-13-9(2)15-16-10(13)3/h8,11,18H,4-7H2,1-3H3,(H,14,19)(H,15,16). The molecule has 1 aromatic heterocycles. The van der Waals surface area contributed by atoms with E-state index in [4.69, 9.17) is 0 Å². The highest BCUT2D eigenvalue weighted by atomic mass is 16.3. The second-order valence-corrected chi connectivity index (χ2v) is 5.43. The van der Waals surface area contributed by atoms with Crippen LogP contribution in [0.15, 0.2) is 0 Å². The number of nitrogens with zero attached hydrogens (tertiary/aromatic N) is 2. The summed E-state index contributed by atoms with van der Waals surface area (Å²) >= 11 is 0. The van der Waals surface area contributed by atoms with Crippen LogP contribution in [0.25, 0.3) is 0 Å². The maximum Gasteiger partial charge on any atom is 0.238 e. The summed E-state index contributed by atoms with van der Waals surface area (Å²) in [5, 5.41) is 19.6. The Morgan fingerprint density at radius 1 is 1.58 bits per heavy atom. The van der Waals surface area contributed by atoms with Crippen molar-refractivity contribution >= 4 is 11.6 Å². The summed E-state index contributed by atoms with van der Waals surface area (Å²) in [5.74, 6) is 0.257. The molecule has 0 radical (unpaired) electrons. The average molecular weight is 266 g/mol. The lowest BCUT2D eigenvalue weighted by Gasteiger charge is -2.33. The SMILES string of the molecule is Cc1n[nH]c(C)c1NC(=O)CN1CCC(C)C(O)C1. The predicted octanol–water partition coefficient (Wildman–Crippen LogP) is 0.668. The molecule has 2 heterocycles. The number of H-pyrrole nitrogens is 1. The second-order valence-electron chi connectivity index (χ2n) is 5.43. The quantitative estimate of drug-likeness (QED) is 0.751. The van der Waals surface area contributed by atoms with Crippen LogP contribution >= 0.6 is 0 Å². The molecule has 1 fully saturated rings. The first-order valence-corrected chi connectivity index (χ1v) is 6.69. The summed E-state index contributed by atoms with van der Waals surface area (Å²) in [4.78, 5) is 14.0. The third kappa shape index (κ3) is 3.33. The molecule has 2 unspecified atom stereocenters. The summed E-state index contributed by atoms with van der Waals surface area (Å²) in [6.45, 7) is 7.51. The highest BCUT2D eigenvalue weighted by Gasteiger charge is 2.25. The van der Waals surface area contributed by atoms with Crippen LogP contribution in [0.4, 0.5) is 5.69 Å². The molecule has 0 spiro atoms. The number of anilines is 1. The Hall–Kier alpha value is -1.40. The van der Waals surface area contributed by atoms with Gasteiger partial charge in [0.05, 0.1) is 29.7 Å². The lowest BCUT2D eigenvalue weighted by molar-refractivity contribution is -0.118. The van der Waals surface area contributed by atoms with Crippen LogP contribution in [0.5, 0.6) is 0 Å². The van der Waals surface area contributed by atoms with Gasteiger partial charge in [-0.25, -0.2) is 0 Å². The largest absolute Gasteiger partial charge is 0.392 e. The van der Waals surface area contributed by atoms with E-state index < -0.39 is 0 Å². The van der Waals surface area contributed by atoms with E-state index in [0.29, 0.717) is 19.0 Å². The van der Waals surface area contributed by atoms with Gasteiger partial charge in [-0.05, 0) is 32.7 Å². The lowest BCUT2D eigenvalue weighted by atomic mass is 9.96. The molecule has 0 saturated carbocycles. The maximum absolute atomic E-state index is 12.0. The molecule has 1 saturated heterocycles. The highest BCUT2D eigenvalue weighted by Crippen LogP contribution is 2.18. The maximum atomic E-state index is 12.0. The summed E-state index contributed by atoms with van der Waals surface area (Å²) in [7, 11) is 0. The molecule has 3 N–H and O–H groups in total. The number of aromatic nitrogens is 2. The summed E-state index contributed by atoms with van der Waals surface area (Å²) < 4.78 is 0. The van der Waals surface area contributed by atoms with Gasteiger partial charge in [-0.2, -0.15) is 5.10 Å². The van der Waals surface area contributed by atoms with Gasteiger partial charge in [0.1, 0.15) is 0 Å². The molecule has 0 bridgehead atoms. The van der Waals surface area contributed by atoms with Crippen LogP contribution < -0.4 is 5.32 Å². The van der Waals surface area contributed by atoms with E-state index in [2.05, 4.69) is 15.5 Å². The number of aromatic amines is 1. The molecule has 2 rings (SSSR count). The fourth-order valence-corrected chi connectivity index (χ4v) is 2.38. The Morgan fingerprint density at radius 2 is 2.32 bits per heavy atom. The smallest absolute Gasteiger partial charge is 0.238 e. The number of aryl methyl sites for hydroxylation is 2. The van der Waals surface area contributed by atoms with Crippen molar-refractivity contribution in [3.05, 3.63) is 11.4 Å². The van der Waals surface area contributed by atoms with Crippen LogP contribution in [-0.2, 0) is 4.79 Å². The minimum atomic E-state index is -0.334. The van der Waals surface area contributed by atoms with E-state index in [0.717, 1.165) is 30.0 Å². The number of piperidine rings is 1. The number of amides is 1. The van der Waals surface area contributed by atoms with Crippen molar-refractivity contribution in [3.8, 4) is 0 Å². The molecular formula is C13H22N4O2. The van der Waals surface area contributed by atoms with Crippen molar-refractivity contribution in [1.82, 2.24) is 15.1 Å². The fourth-order valence-electron chi connectivity index (χ4n) is 2.38. The monoisotopic (exact) mass is 266 g/mol. The van der Waals surface area contributed by atoms with E-state index in [1.165, 1.54) is 0 Å². The molecule has 1 aromatic rings. The molecule has 0 aliphatic carbocycles. The molecule has 106 valence electrons. The lowest BCUT2D eigenvalue weighted by Crippen LogP contribution is -2.45. The van der Waals surface area contributed by atoms with E-state index in [9.17, 15) is 9.90 Å². The number of aliphatic hydroxyl groups is 1. The number of nitrogens with one attached hydrogen (secondary N) is 2. The normalized spacial score (nSPS) is 24.4. The number of β-amino-alcohol motifs (C(OH)–C–C–N with tert-alkyl or cyclic N) is 1. The molecule has 19 heavy (non-hydrogen) atoms. The Labute approximate surface area is 113 Å². The number of aliphatic hydroxyl groups excluding tert-OH is 1. The number of carbonyl (C=O) groups is 1. The third-order valence-electron chi connectivity index (χ3n) is 3.76. The van der Waals surface area contributed by atoms with Gasteiger partial charge in [-0.1, -0.05) is 6.92 Å². The van der Waals surface area contributed by atoms with Gasteiger partial charge in [0, 0.05) is 6.54 Å². The first-order chi connectivity index (χ1) is 8.97. The Balaban J connectivity index is 1.88. The van der Waals surface area contributed by atoms with Crippen LogP contribution in [0.2, 0.25) is 0 Å². The van der Waals surface area contributed by atoms with Gasteiger partial charge in [0.2, 0.25) is 5.91 Å².